The topological polar surface area (TPSA) is 37.3 Å². The standard InChI is InChI=1S/C12H13BrO2/c13-10-5-3-9(4-6-10)11(14)12(15)7-1-2-8-12/h3-6,15H,1-2,7-8H2. The number of rotatable bonds is 2. The van der Waals surface area contributed by atoms with E-state index < -0.39 is 5.60 Å². The van der Waals surface area contributed by atoms with Gasteiger partial charge in [-0.15, -0.1) is 0 Å². The van der Waals surface area contributed by atoms with Gasteiger partial charge in [-0.1, -0.05) is 28.1 Å². The summed E-state index contributed by atoms with van der Waals surface area (Å²) in [6, 6.07) is 7.16. The lowest BCUT2D eigenvalue weighted by atomic mass is 9.91. The molecule has 0 bridgehead atoms. The van der Waals surface area contributed by atoms with Gasteiger partial charge in [-0.3, -0.25) is 4.79 Å². The van der Waals surface area contributed by atoms with Crippen LogP contribution in [0.25, 0.3) is 0 Å². The van der Waals surface area contributed by atoms with Crippen LogP contribution in [0.3, 0.4) is 0 Å². The number of ketones is 1. The summed E-state index contributed by atoms with van der Waals surface area (Å²) in [5, 5.41) is 10.1. The fraction of sp³-hybridized carbons (Fsp3) is 0.417. The fourth-order valence-corrected chi connectivity index (χ4v) is 2.32. The molecule has 2 nitrogen and oxygen atoms in total. The Labute approximate surface area is 97.4 Å². The minimum Gasteiger partial charge on any atom is -0.382 e. The van der Waals surface area contributed by atoms with Crippen LogP contribution >= 0.6 is 15.9 Å². The van der Waals surface area contributed by atoms with Gasteiger partial charge < -0.3 is 5.11 Å². The molecule has 1 aromatic carbocycles. The summed E-state index contributed by atoms with van der Waals surface area (Å²) >= 11 is 3.32. The zero-order chi connectivity index (χ0) is 10.9. The van der Waals surface area contributed by atoms with Crippen molar-refractivity contribution >= 4 is 21.7 Å². The van der Waals surface area contributed by atoms with Gasteiger partial charge in [0.1, 0.15) is 5.60 Å². The maximum Gasteiger partial charge on any atom is 0.194 e. The maximum atomic E-state index is 12.0. The van der Waals surface area contributed by atoms with Crippen LogP contribution in [0.5, 0.6) is 0 Å². The first-order chi connectivity index (χ1) is 7.12. The van der Waals surface area contributed by atoms with Crippen LogP contribution in [0.4, 0.5) is 0 Å². The van der Waals surface area contributed by atoms with Crippen molar-refractivity contribution in [1.29, 1.82) is 0 Å². The Kier molecular flexibility index (Phi) is 2.94. The van der Waals surface area contributed by atoms with Gasteiger partial charge in [0, 0.05) is 10.0 Å². The Hall–Kier alpha value is -0.670. The lowest BCUT2D eigenvalue weighted by Gasteiger charge is -2.20. The molecule has 0 radical (unpaired) electrons. The number of benzene rings is 1. The third-order valence-electron chi connectivity index (χ3n) is 2.96. The van der Waals surface area contributed by atoms with Crippen molar-refractivity contribution in [2.75, 3.05) is 0 Å². The normalized spacial score (nSPS) is 19.1. The van der Waals surface area contributed by atoms with E-state index in [-0.39, 0.29) is 5.78 Å². The number of carbonyl (C=O) groups is 1. The van der Waals surface area contributed by atoms with Gasteiger partial charge in [0.2, 0.25) is 0 Å². The summed E-state index contributed by atoms with van der Waals surface area (Å²) in [6.45, 7) is 0. The number of Topliss-reactive ketones (excluding diaryl/α,β-unsaturated/α-hetero) is 1. The highest BCUT2D eigenvalue weighted by Crippen LogP contribution is 2.32. The lowest BCUT2D eigenvalue weighted by Crippen LogP contribution is -2.35. The second-order valence-corrected chi connectivity index (χ2v) is 4.99. The SMILES string of the molecule is O=C(c1ccc(Br)cc1)C1(O)CCCC1. The molecule has 0 aromatic heterocycles. The largest absolute Gasteiger partial charge is 0.382 e. The van der Waals surface area contributed by atoms with Crippen LogP contribution in [0.15, 0.2) is 28.7 Å². The molecular formula is C12H13BrO2. The lowest BCUT2D eigenvalue weighted by molar-refractivity contribution is 0.0353. The smallest absolute Gasteiger partial charge is 0.194 e. The Morgan fingerprint density at radius 2 is 1.73 bits per heavy atom. The molecule has 0 heterocycles. The van der Waals surface area contributed by atoms with Crippen molar-refractivity contribution in [2.24, 2.45) is 0 Å². The fourth-order valence-electron chi connectivity index (χ4n) is 2.06. The number of aliphatic hydroxyl groups is 1. The average Bonchev–Trinajstić information content (AvgIpc) is 2.67. The first-order valence-corrected chi connectivity index (χ1v) is 5.94. The molecule has 0 aliphatic heterocycles. The molecule has 1 aromatic rings. The maximum absolute atomic E-state index is 12.0. The zero-order valence-corrected chi connectivity index (χ0v) is 9.96. The summed E-state index contributed by atoms with van der Waals surface area (Å²) in [4.78, 5) is 12.0. The molecule has 1 fully saturated rings. The Bertz CT molecular complexity index is 364. The number of hydrogen-bond acceptors (Lipinski definition) is 2. The van der Waals surface area contributed by atoms with E-state index in [1.54, 1.807) is 12.1 Å². The van der Waals surface area contributed by atoms with E-state index in [0.29, 0.717) is 18.4 Å². The van der Waals surface area contributed by atoms with Gasteiger partial charge in [-0.25, -0.2) is 0 Å². The van der Waals surface area contributed by atoms with Crippen LogP contribution in [0.2, 0.25) is 0 Å². The minimum atomic E-state index is -1.10. The number of halogens is 1. The van der Waals surface area contributed by atoms with E-state index in [4.69, 9.17) is 0 Å². The molecule has 3 heteroatoms. The van der Waals surface area contributed by atoms with Gasteiger partial charge in [0.15, 0.2) is 5.78 Å². The second-order valence-electron chi connectivity index (χ2n) is 4.07. The quantitative estimate of drug-likeness (QED) is 0.838. The van der Waals surface area contributed by atoms with Crippen molar-refractivity contribution in [3.63, 3.8) is 0 Å². The first kappa shape index (κ1) is 10.8. The van der Waals surface area contributed by atoms with Crippen molar-refractivity contribution < 1.29 is 9.90 Å². The number of hydrogen-bond donors (Lipinski definition) is 1. The molecule has 0 unspecified atom stereocenters. The highest BCUT2D eigenvalue weighted by atomic mass is 79.9. The summed E-state index contributed by atoms with van der Waals surface area (Å²) in [6.07, 6.45) is 3.08. The molecule has 0 atom stereocenters. The molecule has 2 rings (SSSR count). The second kappa shape index (κ2) is 4.06. The Balaban J connectivity index is 2.24. The van der Waals surface area contributed by atoms with E-state index in [2.05, 4.69) is 15.9 Å². The van der Waals surface area contributed by atoms with Crippen LogP contribution in [0, 0.1) is 0 Å². The van der Waals surface area contributed by atoms with E-state index in [0.717, 1.165) is 17.3 Å². The molecule has 15 heavy (non-hydrogen) atoms. The minimum absolute atomic E-state index is 0.132. The molecule has 0 amide bonds. The summed E-state index contributed by atoms with van der Waals surface area (Å²) in [5.74, 6) is -0.132. The highest BCUT2D eigenvalue weighted by molar-refractivity contribution is 9.10. The predicted molar refractivity (Wildman–Crippen MR) is 61.9 cm³/mol. The van der Waals surface area contributed by atoms with Gasteiger partial charge in [-0.2, -0.15) is 0 Å². The van der Waals surface area contributed by atoms with E-state index in [1.807, 2.05) is 12.1 Å². The summed E-state index contributed by atoms with van der Waals surface area (Å²) in [5.41, 5.74) is -0.504. The summed E-state index contributed by atoms with van der Waals surface area (Å²) < 4.78 is 0.942. The average molecular weight is 269 g/mol. The predicted octanol–water partition coefficient (Wildman–Crippen LogP) is 2.94. The highest BCUT2D eigenvalue weighted by Gasteiger charge is 2.38. The molecule has 1 saturated carbocycles. The van der Waals surface area contributed by atoms with Crippen molar-refractivity contribution in [3.8, 4) is 0 Å². The van der Waals surface area contributed by atoms with Gasteiger partial charge in [-0.05, 0) is 37.8 Å². The molecule has 0 spiro atoms. The van der Waals surface area contributed by atoms with E-state index in [9.17, 15) is 9.90 Å². The first-order valence-electron chi connectivity index (χ1n) is 5.15. The van der Waals surface area contributed by atoms with E-state index >= 15 is 0 Å². The van der Waals surface area contributed by atoms with Crippen LogP contribution in [0.1, 0.15) is 36.0 Å². The Morgan fingerprint density at radius 3 is 2.27 bits per heavy atom. The van der Waals surface area contributed by atoms with Crippen molar-refractivity contribution in [2.45, 2.75) is 31.3 Å². The Morgan fingerprint density at radius 1 is 1.20 bits per heavy atom. The van der Waals surface area contributed by atoms with Crippen molar-refractivity contribution in [1.82, 2.24) is 0 Å². The monoisotopic (exact) mass is 268 g/mol. The molecule has 1 aliphatic rings. The third-order valence-corrected chi connectivity index (χ3v) is 3.49. The molecule has 1 aliphatic carbocycles. The molecule has 0 saturated heterocycles. The van der Waals surface area contributed by atoms with Gasteiger partial charge in [0.05, 0.1) is 0 Å². The third kappa shape index (κ3) is 2.13. The van der Waals surface area contributed by atoms with E-state index in [1.165, 1.54) is 0 Å². The van der Waals surface area contributed by atoms with Crippen LogP contribution in [-0.2, 0) is 0 Å². The van der Waals surface area contributed by atoms with Crippen LogP contribution in [-0.4, -0.2) is 16.5 Å². The summed E-state index contributed by atoms with van der Waals surface area (Å²) in [7, 11) is 0. The zero-order valence-electron chi connectivity index (χ0n) is 8.37. The van der Waals surface area contributed by atoms with Gasteiger partial charge >= 0.3 is 0 Å². The molecule has 80 valence electrons. The number of carbonyl (C=O) groups excluding carboxylic acids is 1. The van der Waals surface area contributed by atoms with Gasteiger partial charge in [0.25, 0.3) is 0 Å². The molecular weight excluding hydrogens is 256 g/mol. The van der Waals surface area contributed by atoms with Crippen LogP contribution < -0.4 is 0 Å². The van der Waals surface area contributed by atoms with Crippen molar-refractivity contribution in [3.05, 3.63) is 34.3 Å². The molecule has 1 N–H and O–H groups in total.